The Bertz CT molecular complexity index is 469. The van der Waals surface area contributed by atoms with Crippen LogP contribution in [0.3, 0.4) is 0 Å². The number of benzene rings is 1. The number of esters is 2. The van der Waals surface area contributed by atoms with Gasteiger partial charge in [0.15, 0.2) is 0 Å². The minimum atomic E-state index is -0.497. The van der Waals surface area contributed by atoms with Crippen LogP contribution in [0.2, 0.25) is 0 Å². The first-order valence-electron chi connectivity index (χ1n) is 5.97. The van der Waals surface area contributed by atoms with Gasteiger partial charge in [0.1, 0.15) is 0 Å². The molecule has 0 spiro atoms. The van der Waals surface area contributed by atoms with Crippen LogP contribution >= 0.6 is 12.4 Å². The second-order valence-corrected chi connectivity index (χ2v) is 3.87. The predicted molar refractivity (Wildman–Crippen MR) is 75.1 cm³/mol. The van der Waals surface area contributed by atoms with Crippen LogP contribution in [0.15, 0.2) is 12.1 Å². The first kappa shape index (κ1) is 17.4. The molecule has 0 aliphatic rings. The van der Waals surface area contributed by atoms with Crippen LogP contribution in [-0.2, 0) is 9.47 Å². The zero-order valence-corrected chi connectivity index (χ0v) is 12.4. The molecule has 0 aliphatic heterocycles. The normalized spacial score (nSPS) is 9.47. The van der Waals surface area contributed by atoms with E-state index in [-0.39, 0.29) is 31.2 Å². The molecule has 19 heavy (non-hydrogen) atoms. The summed E-state index contributed by atoms with van der Waals surface area (Å²) in [6, 6.07) is 3.40. The maximum atomic E-state index is 11.9. The Morgan fingerprint density at radius 2 is 1.53 bits per heavy atom. The van der Waals surface area contributed by atoms with Crippen molar-refractivity contribution in [1.82, 2.24) is 0 Å². The first-order chi connectivity index (χ1) is 8.52. The van der Waals surface area contributed by atoms with Crippen LogP contribution in [0.1, 0.15) is 45.7 Å². The molecule has 1 aromatic rings. The summed E-state index contributed by atoms with van der Waals surface area (Å²) < 4.78 is 9.93. The number of aryl methyl sites for hydroxylation is 1. The number of rotatable bonds is 4. The minimum Gasteiger partial charge on any atom is -0.462 e. The number of halogens is 1. The Morgan fingerprint density at radius 3 is 2.05 bits per heavy atom. The summed E-state index contributed by atoms with van der Waals surface area (Å²) in [6.07, 6.45) is 0. The molecule has 0 atom stereocenters. The zero-order valence-electron chi connectivity index (χ0n) is 11.6. The molecule has 0 amide bonds. The van der Waals surface area contributed by atoms with Gasteiger partial charge in [-0.2, -0.15) is 0 Å². The van der Waals surface area contributed by atoms with Gasteiger partial charge in [-0.3, -0.25) is 0 Å². The maximum absolute atomic E-state index is 11.9. The van der Waals surface area contributed by atoms with Crippen LogP contribution in [0.5, 0.6) is 0 Å². The summed E-state index contributed by atoms with van der Waals surface area (Å²) in [4.78, 5) is 23.7. The van der Waals surface area contributed by atoms with E-state index in [0.717, 1.165) is 11.1 Å². The van der Waals surface area contributed by atoms with Gasteiger partial charge in [-0.15, -0.1) is 12.4 Å². The van der Waals surface area contributed by atoms with Gasteiger partial charge in [-0.05, 0) is 44.9 Å². The Balaban J connectivity index is 0.00000324. The summed E-state index contributed by atoms with van der Waals surface area (Å²) in [5.41, 5.74) is 2.25. The summed E-state index contributed by atoms with van der Waals surface area (Å²) in [7, 11) is 0. The first-order valence-corrected chi connectivity index (χ1v) is 5.97. The highest BCUT2D eigenvalue weighted by Gasteiger charge is 2.22. The molecule has 1 rings (SSSR count). The number of carbonyl (C=O) groups excluding carboxylic acids is 2. The maximum Gasteiger partial charge on any atom is 0.339 e. The summed E-state index contributed by atoms with van der Waals surface area (Å²) >= 11 is 0. The lowest BCUT2D eigenvalue weighted by atomic mass is 9.97. The van der Waals surface area contributed by atoms with Crippen molar-refractivity contribution in [1.29, 1.82) is 0 Å². The van der Waals surface area contributed by atoms with Crippen molar-refractivity contribution in [2.75, 3.05) is 13.2 Å². The lowest BCUT2D eigenvalue weighted by molar-refractivity contribution is 0.0478. The van der Waals surface area contributed by atoms with E-state index in [9.17, 15) is 9.59 Å². The third-order valence-corrected chi connectivity index (χ3v) is 2.71. The lowest BCUT2D eigenvalue weighted by Crippen LogP contribution is -2.16. The minimum absolute atomic E-state index is 0. The van der Waals surface area contributed by atoms with E-state index in [2.05, 4.69) is 0 Å². The second-order valence-electron chi connectivity index (χ2n) is 3.87. The van der Waals surface area contributed by atoms with Gasteiger partial charge >= 0.3 is 11.9 Å². The quantitative estimate of drug-likeness (QED) is 0.798. The van der Waals surface area contributed by atoms with Gasteiger partial charge < -0.3 is 9.47 Å². The summed E-state index contributed by atoms with van der Waals surface area (Å²) in [5.74, 6) is -0.981. The molecule has 4 nitrogen and oxygen atoms in total. The molecule has 0 heterocycles. The third-order valence-electron chi connectivity index (χ3n) is 2.71. The van der Waals surface area contributed by atoms with Gasteiger partial charge in [0.2, 0.25) is 0 Å². The molecule has 0 fully saturated rings. The zero-order chi connectivity index (χ0) is 13.7. The standard InChI is InChI=1S/C14H18O4.ClH/c1-5-17-13(15)11-8-7-9(3)10(4)12(11)14(16)18-6-2;/h7-8H,5-6H2,1-4H3;1H. The van der Waals surface area contributed by atoms with E-state index in [1.807, 2.05) is 6.92 Å². The topological polar surface area (TPSA) is 52.6 Å². The predicted octanol–water partition coefficient (Wildman–Crippen LogP) is 3.08. The van der Waals surface area contributed by atoms with Crippen LogP contribution in [0.25, 0.3) is 0 Å². The molecular formula is C14H19ClO4. The molecule has 0 bridgehead atoms. The molecule has 0 aliphatic carbocycles. The van der Waals surface area contributed by atoms with Gasteiger partial charge in [0.05, 0.1) is 24.3 Å². The van der Waals surface area contributed by atoms with Crippen molar-refractivity contribution in [2.45, 2.75) is 27.7 Å². The number of ether oxygens (including phenoxy) is 2. The van der Waals surface area contributed by atoms with E-state index in [0.29, 0.717) is 5.56 Å². The molecule has 0 saturated heterocycles. The Hall–Kier alpha value is -1.55. The fraction of sp³-hybridized carbons (Fsp3) is 0.429. The number of carbonyl (C=O) groups is 2. The van der Waals surface area contributed by atoms with Crippen LogP contribution in [0.4, 0.5) is 0 Å². The molecule has 5 heteroatoms. The molecule has 1 aromatic carbocycles. The molecule has 0 saturated carbocycles. The Kier molecular flexibility index (Phi) is 7.16. The second kappa shape index (κ2) is 7.79. The van der Waals surface area contributed by atoms with Crippen LogP contribution in [0, 0.1) is 13.8 Å². The number of hydrogen-bond donors (Lipinski definition) is 0. The van der Waals surface area contributed by atoms with Crippen molar-refractivity contribution in [3.8, 4) is 0 Å². The highest BCUT2D eigenvalue weighted by Crippen LogP contribution is 2.20. The molecule has 0 aromatic heterocycles. The van der Waals surface area contributed by atoms with Crippen molar-refractivity contribution in [3.63, 3.8) is 0 Å². The fourth-order valence-electron chi connectivity index (χ4n) is 1.66. The Labute approximate surface area is 119 Å². The van der Waals surface area contributed by atoms with E-state index >= 15 is 0 Å². The van der Waals surface area contributed by atoms with Crippen molar-refractivity contribution in [2.24, 2.45) is 0 Å². The molecule has 0 N–H and O–H groups in total. The van der Waals surface area contributed by atoms with E-state index in [4.69, 9.17) is 9.47 Å². The van der Waals surface area contributed by atoms with Gasteiger partial charge in [0, 0.05) is 0 Å². The van der Waals surface area contributed by atoms with Crippen molar-refractivity contribution >= 4 is 24.3 Å². The fourth-order valence-corrected chi connectivity index (χ4v) is 1.66. The lowest BCUT2D eigenvalue weighted by Gasteiger charge is -2.12. The van der Waals surface area contributed by atoms with Crippen LogP contribution < -0.4 is 0 Å². The number of hydrogen-bond acceptors (Lipinski definition) is 4. The molecule has 0 radical (unpaired) electrons. The van der Waals surface area contributed by atoms with Crippen molar-refractivity contribution < 1.29 is 19.1 Å². The van der Waals surface area contributed by atoms with E-state index < -0.39 is 11.9 Å². The highest BCUT2D eigenvalue weighted by molar-refractivity contribution is 6.04. The Morgan fingerprint density at radius 1 is 1.00 bits per heavy atom. The molecule has 106 valence electrons. The van der Waals surface area contributed by atoms with Gasteiger partial charge in [0.25, 0.3) is 0 Å². The summed E-state index contributed by atoms with van der Waals surface area (Å²) in [6.45, 7) is 7.68. The molecular weight excluding hydrogens is 268 g/mol. The van der Waals surface area contributed by atoms with Crippen LogP contribution in [-0.4, -0.2) is 25.2 Å². The molecule has 0 unspecified atom stereocenters. The van der Waals surface area contributed by atoms with E-state index in [1.165, 1.54) is 0 Å². The average Bonchev–Trinajstić information content (AvgIpc) is 2.32. The summed E-state index contributed by atoms with van der Waals surface area (Å²) in [5, 5.41) is 0. The SMILES string of the molecule is CCOC(=O)c1ccc(C)c(C)c1C(=O)OCC.Cl. The third kappa shape index (κ3) is 3.96. The monoisotopic (exact) mass is 286 g/mol. The van der Waals surface area contributed by atoms with Crippen molar-refractivity contribution in [3.05, 3.63) is 34.4 Å². The highest BCUT2D eigenvalue weighted by atomic mass is 35.5. The largest absolute Gasteiger partial charge is 0.462 e. The van der Waals surface area contributed by atoms with Gasteiger partial charge in [-0.1, -0.05) is 6.07 Å². The average molecular weight is 287 g/mol. The van der Waals surface area contributed by atoms with E-state index in [1.54, 1.807) is 32.9 Å². The van der Waals surface area contributed by atoms with Gasteiger partial charge in [-0.25, -0.2) is 9.59 Å². The smallest absolute Gasteiger partial charge is 0.339 e.